The molecule has 1 heterocycles. The van der Waals surface area contributed by atoms with Crippen molar-refractivity contribution in [3.63, 3.8) is 0 Å². The molecule has 5 heteroatoms. The van der Waals surface area contributed by atoms with Crippen LogP contribution in [0.1, 0.15) is 39.2 Å². The highest BCUT2D eigenvalue weighted by molar-refractivity contribution is 9.10. The van der Waals surface area contributed by atoms with Gasteiger partial charge in [-0.1, -0.05) is 28.1 Å². The number of carbonyl (C=O) groups is 1. The molecule has 0 radical (unpaired) electrons. The van der Waals surface area contributed by atoms with E-state index in [0.717, 1.165) is 43.4 Å². The number of amides is 1. The normalized spacial score (nSPS) is 16.4. The average molecular weight is 383 g/mol. The van der Waals surface area contributed by atoms with Crippen molar-refractivity contribution in [2.24, 2.45) is 0 Å². The Kier molecular flexibility index (Phi) is 6.48. The molecule has 0 unspecified atom stereocenters. The van der Waals surface area contributed by atoms with Crippen LogP contribution in [0.3, 0.4) is 0 Å². The summed E-state index contributed by atoms with van der Waals surface area (Å²) in [5.41, 5.74) is 0.911. The highest BCUT2D eigenvalue weighted by Crippen LogP contribution is 2.16. The first-order valence-electron chi connectivity index (χ1n) is 8.29. The minimum Gasteiger partial charge on any atom is -0.444 e. The Balaban J connectivity index is 1.68. The quantitative estimate of drug-likeness (QED) is 0.855. The molecule has 1 N–H and O–H groups in total. The summed E-state index contributed by atoms with van der Waals surface area (Å²) in [6.45, 7) is 8.21. The van der Waals surface area contributed by atoms with E-state index in [-0.39, 0.29) is 6.09 Å². The Morgan fingerprint density at radius 2 is 2.04 bits per heavy atom. The van der Waals surface area contributed by atoms with Crippen molar-refractivity contribution in [3.05, 3.63) is 34.3 Å². The van der Waals surface area contributed by atoms with Crippen molar-refractivity contribution < 1.29 is 9.53 Å². The molecular weight excluding hydrogens is 356 g/mol. The van der Waals surface area contributed by atoms with Gasteiger partial charge in [0.05, 0.1) is 0 Å². The SMILES string of the molecule is CC(C)(C)OC(=O)N1CCC(NCCc2cccc(Br)c2)CC1. The Morgan fingerprint density at radius 1 is 1.35 bits per heavy atom. The van der Waals surface area contributed by atoms with E-state index in [1.165, 1.54) is 5.56 Å². The molecule has 0 atom stereocenters. The predicted molar refractivity (Wildman–Crippen MR) is 96.7 cm³/mol. The maximum absolute atomic E-state index is 12.0. The second-order valence-electron chi connectivity index (χ2n) is 7.08. The number of hydrogen-bond acceptors (Lipinski definition) is 3. The zero-order valence-electron chi connectivity index (χ0n) is 14.3. The number of rotatable bonds is 4. The monoisotopic (exact) mass is 382 g/mol. The molecule has 1 aromatic carbocycles. The van der Waals surface area contributed by atoms with Crippen molar-refractivity contribution in [1.82, 2.24) is 10.2 Å². The second kappa shape index (κ2) is 8.15. The van der Waals surface area contributed by atoms with Crippen LogP contribution < -0.4 is 5.32 Å². The number of hydrogen-bond donors (Lipinski definition) is 1. The van der Waals surface area contributed by atoms with Gasteiger partial charge in [0.25, 0.3) is 0 Å². The summed E-state index contributed by atoms with van der Waals surface area (Å²) < 4.78 is 6.55. The van der Waals surface area contributed by atoms with E-state index in [9.17, 15) is 4.79 Å². The lowest BCUT2D eigenvalue weighted by atomic mass is 10.0. The van der Waals surface area contributed by atoms with Gasteiger partial charge in [0.2, 0.25) is 0 Å². The molecular formula is C18H27BrN2O2. The maximum Gasteiger partial charge on any atom is 0.410 e. The van der Waals surface area contributed by atoms with E-state index in [1.54, 1.807) is 0 Å². The first-order chi connectivity index (χ1) is 10.8. The maximum atomic E-state index is 12.0. The molecule has 0 aliphatic carbocycles. The number of likely N-dealkylation sites (tertiary alicyclic amines) is 1. The van der Waals surface area contributed by atoms with Gasteiger partial charge in [0.15, 0.2) is 0 Å². The summed E-state index contributed by atoms with van der Waals surface area (Å²) in [7, 11) is 0. The van der Waals surface area contributed by atoms with Crippen LogP contribution in [0.2, 0.25) is 0 Å². The third-order valence-electron chi connectivity index (χ3n) is 3.88. The standard InChI is InChI=1S/C18H27BrN2O2/c1-18(2,3)23-17(22)21-11-8-16(9-12-21)20-10-7-14-5-4-6-15(19)13-14/h4-6,13,16,20H,7-12H2,1-3H3. The number of nitrogens with zero attached hydrogens (tertiary/aromatic N) is 1. The van der Waals surface area contributed by atoms with Crippen LogP contribution in [0.25, 0.3) is 0 Å². The van der Waals surface area contributed by atoms with Crippen molar-refractivity contribution in [2.75, 3.05) is 19.6 Å². The van der Waals surface area contributed by atoms with Crippen LogP contribution in [0.5, 0.6) is 0 Å². The van der Waals surface area contributed by atoms with E-state index in [2.05, 4.69) is 39.4 Å². The van der Waals surface area contributed by atoms with Crippen LogP contribution in [-0.2, 0) is 11.2 Å². The molecule has 1 amide bonds. The van der Waals surface area contributed by atoms with Crippen molar-refractivity contribution in [3.8, 4) is 0 Å². The summed E-state index contributed by atoms with van der Waals surface area (Å²) >= 11 is 3.50. The number of benzene rings is 1. The number of piperidine rings is 1. The zero-order chi connectivity index (χ0) is 16.9. The lowest BCUT2D eigenvalue weighted by Gasteiger charge is -2.33. The lowest BCUT2D eigenvalue weighted by Crippen LogP contribution is -2.46. The van der Waals surface area contributed by atoms with Crippen LogP contribution in [0.4, 0.5) is 4.79 Å². The van der Waals surface area contributed by atoms with Gasteiger partial charge in [-0.05, 0) is 64.3 Å². The number of carbonyl (C=O) groups excluding carboxylic acids is 1. The molecule has 0 spiro atoms. The number of ether oxygens (including phenoxy) is 1. The summed E-state index contributed by atoms with van der Waals surface area (Å²) in [5.74, 6) is 0. The molecule has 128 valence electrons. The van der Waals surface area contributed by atoms with Crippen LogP contribution in [0.15, 0.2) is 28.7 Å². The highest BCUT2D eigenvalue weighted by atomic mass is 79.9. The molecule has 1 fully saturated rings. The second-order valence-corrected chi connectivity index (χ2v) is 7.99. The smallest absolute Gasteiger partial charge is 0.410 e. The van der Waals surface area contributed by atoms with E-state index in [4.69, 9.17) is 4.74 Å². The lowest BCUT2D eigenvalue weighted by molar-refractivity contribution is 0.0198. The van der Waals surface area contributed by atoms with Crippen molar-refractivity contribution in [1.29, 1.82) is 0 Å². The molecule has 0 saturated carbocycles. The zero-order valence-corrected chi connectivity index (χ0v) is 15.9. The fourth-order valence-electron chi connectivity index (χ4n) is 2.71. The molecule has 1 aliphatic rings. The van der Waals surface area contributed by atoms with Gasteiger partial charge in [-0.2, -0.15) is 0 Å². The minimum atomic E-state index is -0.420. The fourth-order valence-corrected chi connectivity index (χ4v) is 3.15. The van der Waals surface area contributed by atoms with E-state index >= 15 is 0 Å². The largest absolute Gasteiger partial charge is 0.444 e. The molecule has 1 aliphatic heterocycles. The fraction of sp³-hybridized carbons (Fsp3) is 0.611. The van der Waals surface area contributed by atoms with Gasteiger partial charge >= 0.3 is 6.09 Å². The van der Waals surface area contributed by atoms with Crippen LogP contribution in [-0.4, -0.2) is 42.3 Å². The Hall–Kier alpha value is -1.07. The summed E-state index contributed by atoms with van der Waals surface area (Å²) in [6, 6.07) is 8.91. The molecule has 4 nitrogen and oxygen atoms in total. The number of halogens is 1. The molecule has 0 bridgehead atoms. The molecule has 2 rings (SSSR count). The Morgan fingerprint density at radius 3 is 2.65 bits per heavy atom. The van der Waals surface area contributed by atoms with Crippen LogP contribution >= 0.6 is 15.9 Å². The molecule has 23 heavy (non-hydrogen) atoms. The van der Waals surface area contributed by atoms with Crippen molar-refractivity contribution >= 4 is 22.0 Å². The van der Waals surface area contributed by atoms with Crippen molar-refractivity contribution in [2.45, 2.75) is 51.7 Å². The van der Waals surface area contributed by atoms with E-state index < -0.39 is 5.60 Å². The predicted octanol–water partition coefficient (Wildman–Crippen LogP) is 3.98. The average Bonchev–Trinajstić information content (AvgIpc) is 2.46. The summed E-state index contributed by atoms with van der Waals surface area (Å²) in [6.07, 6.45) is 2.80. The third-order valence-corrected chi connectivity index (χ3v) is 4.38. The van der Waals surface area contributed by atoms with E-state index in [0.29, 0.717) is 6.04 Å². The van der Waals surface area contributed by atoms with Gasteiger partial charge in [0, 0.05) is 23.6 Å². The molecule has 1 aromatic rings. The van der Waals surface area contributed by atoms with Gasteiger partial charge in [-0.3, -0.25) is 0 Å². The number of nitrogens with one attached hydrogen (secondary N) is 1. The first-order valence-corrected chi connectivity index (χ1v) is 9.08. The molecule has 1 saturated heterocycles. The van der Waals surface area contributed by atoms with Gasteiger partial charge < -0.3 is 15.0 Å². The van der Waals surface area contributed by atoms with Gasteiger partial charge in [0.1, 0.15) is 5.60 Å². The van der Waals surface area contributed by atoms with Crippen LogP contribution in [0, 0.1) is 0 Å². The Bertz CT molecular complexity index is 520. The van der Waals surface area contributed by atoms with Gasteiger partial charge in [-0.25, -0.2) is 4.79 Å². The van der Waals surface area contributed by atoms with Gasteiger partial charge in [-0.15, -0.1) is 0 Å². The first kappa shape index (κ1) is 18.3. The van der Waals surface area contributed by atoms with E-state index in [1.807, 2.05) is 31.7 Å². The third kappa shape index (κ3) is 6.51. The minimum absolute atomic E-state index is 0.190. The topological polar surface area (TPSA) is 41.6 Å². The highest BCUT2D eigenvalue weighted by Gasteiger charge is 2.26. The summed E-state index contributed by atoms with van der Waals surface area (Å²) in [5, 5.41) is 3.60. The Labute approximate surface area is 147 Å². The summed E-state index contributed by atoms with van der Waals surface area (Å²) in [4.78, 5) is 13.8. The molecule has 0 aromatic heterocycles.